The summed E-state index contributed by atoms with van der Waals surface area (Å²) in [6.45, 7) is 17.8. The fourth-order valence-electron chi connectivity index (χ4n) is 6.11. The summed E-state index contributed by atoms with van der Waals surface area (Å²) in [6.07, 6.45) is 5.59. The number of urea groups is 1. The topological polar surface area (TPSA) is 95.8 Å². The fourth-order valence-corrected chi connectivity index (χ4v) is 6.11. The highest BCUT2D eigenvalue weighted by molar-refractivity contribution is 5.87. The van der Waals surface area contributed by atoms with Crippen LogP contribution in [0.3, 0.4) is 0 Å². The number of piperazine rings is 1. The van der Waals surface area contributed by atoms with Gasteiger partial charge in [-0.3, -0.25) is 4.90 Å². The zero-order valence-corrected chi connectivity index (χ0v) is 25.2. The minimum Gasteiger partial charge on any atom is -0.478 e. The van der Waals surface area contributed by atoms with E-state index >= 15 is 0 Å². The van der Waals surface area contributed by atoms with Gasteiger partial charge in [-0.1, -0.05) is 6.07 Å². The molecule has 2 fully saturated rings. The van der Waals surface area contributed by atoms with E-state index in [1.54, 1.807) is 6.33 Å². The van der Waals surface area contributed by atoms with Crippen molar-refractivity contribution in [3.63, 3.8) is 0 Å². The van der Waals surface area contributed by atoms with E-state index in [4.69, 9.17) is 4.74 Å². The molecule has 2 aliphatic rings. The summed E-state index contributed by atoms with van der Waals surface area (Å²) < 4.78 is 7.39. The van der Waals surface area contributed by atoms with Crippen molar-refractivity contribution >= 4 is 22.9 Å². The molecule has 11 nitrogen and oxygen atoms in total. The van der Waals surface area contributed by atoms with E-state index in [0.717, 1.165) is 68.1 Å². The molecule has 2 aliphatic heterocycles. The maximum absolute atomic E-state index is 13.4. The van der Waals surface area contributed by atoms with E-state index in [9.17, 15) is 4.79 Å². The van der Waals surface area contributed by atoms with E-state index in [2.05, 4.69) is 62.4 Å². The number of pyridine rings is 1. The highest BCUT2D eigenvalue weighted by Gasteiger charge is 2.30. The molecule has 2 saturated heterocycles. The summed E-state index contributed by atoms with van der Waals surface area (Å²) in [5.74, 6) is 2.13. The number of rotatable bonds is 9. The second kappa shape index (κ2) is 13.0. The third-order valence-corrected chi connectivity index (χ3v) is 8.33. The minimum absolute atomic E-state index is 0.176. The molecule has 0 saturated carbocycles. The average Bonchev–Trinajstić information content (AvgIpc) is 3.39. The zero-order chi connectivity index (χ0) is 28.9. The number of aromatic nitrogens is 5. The molecule has 222 valence electrons. The molecule has 0 spiro atoms. The van der Waals surface area contributed by atoms with E-state index in [0.29, 0.717) is 50.1 Å². The lowest BCUT2D eigenvalue weighted by Crippen LogP contribution is -2.54. The lowest BCUT2D eigenvalue weighted by Gasteiger charge is -2.41. The van der Waals surface area contributed by atoms with Crippen molar-refractivity contribution in [2.24, 2.45) is 5.92 Å². The van der Waals surface area contributed by atoms with Crippen molar-refractivity contribution in [2.75, 3.05) is 57.3 Å². The first-order valence-electron chi connectivity index (χ1n) is 15.1. The van der Waals surface area contributed by atoms with Gasteiger partial charge in [-0.15, -0.1) is 0 Å². The fraction of sp³-hybridized carbons (Fsp3) is 0.633. The number of hydrogen-bond donors (Lipinski definition) is 0. The lowest BCUT2D eigenvalue weighted by atomic mass is 9.95. The standard InChI is InChI=1S/C30H45N9O2/c1-6-41-27-9-7-8-25(34-27)20-39-29-26(18-33-39)28(31-21-32-29)35-14-16-37(17-15-35)30(40)36-12-10-24(11-13-36)19-38(22(2)3)23(4)5/h7-9,18,21-24H,6,10-17,19-20H2,1-5H3. The SMILES string of the molecule is CCOc1cccc(Cn2ncc3c(N4CCN(C(=O)N5CCC(CN(C(C)C)C(C)C)CC5)CC4)ncnc32)n1. The van der Waals surface area contributed by atoms with Crippen molar-refractivity contribution in [3.05, 3.63) is 36.4 Å². The van der Waals surface area contributed by atoms with Crippen molar-refractivity contribution < 1.29 is 9.53 Å². The Morgan fingerprint density at radius 3 is 2.39 bits per heavy atom. The van der Waals surface area contributed by atoms with Crippen LogP contribution in [0.4, 0.5) is 10.6 Å². The predicted molar refractivity (Wildman–Crippen MR) is 160 cm³/mol. The molecule has 0 N–H and O–H groups in total. The van der Waals surface area contributed by atoms with Gasteiger partial charge >= 0.3 is 6.03 Å². The quantitative estimate of drug-likeness (QED) is 0.389. The molecule has 0 aromatic carbocycles. The molecule has 41 heavy (non-hydrogen) atoms. The molecule has 0 atom stereocenters. The smallest absolute Gasteiger partial charge is 0.320 e. The number of likely N-dealkylation sites (tertiary alicyclic amines) is 1. The number of fused-ring (bicyclic) bond motifs is 1. The molecule has 0 unspecified atom stereocenters. The Morgan fingerprint density at radius 1 is 1.00 bits per heavy atom. The van der Waals surface area contributed by atoms with Crippen LogP contribution in [0.1, 0.15) is 53.2 Å². The van der Waals surface area contributed by atoms with Gasteiger partial charge in [0.25, 0.3) is 0 Å². The summed E-state index contributed by atoms with van der Waals surface area (Å²) in [5, 5.41) is 5.51. The van der Waals surface area contributed by atoms with Gasteiger partial charge in [-0.2, -0.15) is 5.10 Å². The molecular weight excluding hydrogens is 518 g/mol. The Labute approximate surface area is 243 Å². The Kier molecular flexibility index (Phi) is 9.22. The molecule has 3 aromatic rings. The van der Waals surface area contributed by atoms with Gasteiger partial charge < -0.3 is 19.4 Å². The van der Waals surface area contributed by atoms with Crippen LogP contribution in [0.15, 0.2) is 30.7 Å². The number of amides is 2. The van der Waals surface area contributed by atoms with Gasteiger partial charge in [-0.05, 0) is 59.4 Å². The highest BCUT2D eigenvalue weighted by Crippen LogP contribution is 2.26. The number of carbonyl (C=O) groups excluding carboxylic acids is 1. The molecule has 5 rings (SSSR count). The maximum atomic E-state index is 13.4. The largest absolute Gasteiger partial charge is 0.478 e. The van der Waals surface area contributed by atoms with E-state index < -0.39 is 0 Å². The van der Waals surface area contributed by atoms with Crippen LogP contribution in [-0.2, 0) is 6.54 Å². The second-order valence-corrected chi connectivity index (χ2v) is 11.7. The summed E-state index contributed by atoms with van der Waals surface area (Å²) in [4.78, 5) is 36.0. The molecular formula is C30H45N9O2. The molecule has 0 aliphatic carbocycles. The summed E-state index contributed by atoms with van der Waals surface area (Å²) in [5.41, 5.74) is 1.63. The Hall–Kier alpha value is -3.47. The van der Waals surface area contributed by atoms with Crippen molar-refractivity contribution in [2.45, 2.75) is 66.1 Å². The van der Waals surface area contributed by atoms with Gasteiger partial charge in [-0.25, -0.2) is 24.4 Å². The van der Waals surface area contributed by atoms with Gasteiger partial charge in [0.1, 0.15) is 12.1 Å². The van der Waals surface area contributed by atoms with Crippen LogP contribution in [0.2, 0.25) is 0 Å². The van der Waals surface area contributed by atoms with Crippen molar-refractivity contribution in [3.8, 4) is 5.88 Å². The number of piperidine rings is 1. The molecule has 11 heteroatoms. The first kappa shape index (κ1) is 29.0. The highest BCUT2D eigenvalue weighted by atomic mass is 16.5. The summed E-state index contributed by atoms with van der Waals surface area (Å²) in [6, 6.07) is 7.03. The van der Waals surface area contributed by atoms with Crippen LogP contribution >= 0.6 is 0 Å². The predicted octanol–water partition coefficient (Wildman–Crippen LogP) is 3.74. The number of nitrogens with zero attached hydrogens (tertiary/aromatic N) is 9. The van der Waals surface area contributed by atoms with E-state index in [-0.39, 0.29) is 6.03 Å². The summed E-state index contributed by atoms with van der Waals surface area (Å²) in [7, 11) is 0. The molecule has 0 radical (unpaired) electrons. The first-order valence-corrected chi connectivity index (χ1v) is 15.1. The van der Waals surface area contributed by atoms with Crippen LogP contribution in [0, 0.1) is 5.92 Å². The molecule has 3 aromatic heterocycles. The zero-order valence-electron chi connectivity index (χ0n) is 25.2. The number of carbonyl (C=O) groups is 1. The van der Waals surface area contributed by atoms with Gasteiger partial charge in [0.05, 0.1) is 30.4 Å². The Balaban J connectivity index is 1.16. The Bertz CT molecular complexity index is 1290. The molecule has 2 amide bonds. The van der Waals surface area contributed by atoms with Crippen molar-refractivity contribution in [1.29, 1.82) is 0 Å². The monoisotopic (exact) mass is 563 g/mol. The van der Waals surface area contributed by atoms with Crippen molar-refractivity contribution in [1.82, 2.24) is 39.4 Å². The van der Waals surface area contributed by atoms with Crippen LogP contribution in [-0.4, -0.2) is 110 Å². The van der Waals surface area contributed by atoms with E-state index in [1.165, 1.54) is 0 Å². The normalized spacial score (nSPS) is 16.9. The Morgan fingerprint density at radius 2 is 1.71 bits per heavy atom. The van der Waals surface area contributed by atoms with Gasteiger partial charge in [0.2, 0.25) is 5.88 Å². The lowest BCUT2D eigenvalue weighted by molar-refractivity contribution is 0.0987. The van der Waals surface area contributed by atoms with Crippen LogP contribution < -0.4 is 9.64 Å². The molecule has 5 heterocycles. The summed E-state index contributed by atoms with van der Waals surface area (Å²) >= 11 is 0. The number of hydrogen-bond acceptors (Lipinski definition) is 8. The third-order valence-electron chi connectivity index (χ3n) is 8.33. The minimum atomic E-state index is 0.176. The second-order valence-electron chi connectivity index (χ2n) is 11.7. The van der Waals surface area contributed by atoms with Crippen LogP contribution in [0.5, 0.6) is 5.88 Å². The number of ether oxygens (including phenoxy) is 1. The average molecular weight is 564 g/mol. The maximum Gasteiger partial charge on any atom is 0.320 e. The van der Waals surface area contributed by atoms with Gasteiger partial charge in [0, 0.05) is 64.0 Å². The van der Waals surface area contributed by atoms with E-state index in [1.807, 2.05) is 40.9 Å². The first-order chi connectivity index (χ1) is 19.8. The third kappa shape index (κ3) is 6.72. The molecule has 0 bridgehead atoms. The number of anilines is 1. The van der Waals surface area contributed by atoms with Crippen LogP contribution in [0.25, 0.3) is 11.0 Å². The van der Waals surface area contributed by atoms with Gasteiger partial charge in [0.15, 0.2) is 5.65 Å².